The lowest BCUT2D eigenvalue weighted by Gasteiger charge is -1.69. The minimum atomic E-state index is -0.833. The molecule has 0 unspecified atom stereocenters. The monoisotopic (exact) mass is 1090 g/mol. The van der Waals surface area contributed by atoms with Crippen LogP contribution in [0.1, 0.15) is 346 Å². The molecule has 486 valence electrons. The van der Waals surface area contributed by atoms with Gasteiger partial charge in [-0.05, 0) is 47.7 Å². The molecule has 9 nitrogen and oxygen atoms in total. The topological polar surface area (TPSA) is 205 Å². The first kappa shape index (κ1) is 336. The first-order valence-corrected chi connectivity index (χ1v) is 25.7. The highest BCUT2D eigenvalue weighted by atomic mass is 33.1. The Morgan fingerprint density at radius 2 is 0.232 bits per heavy atom. The average Bonchev–Trinajstić information content (AvgIpc) is 3.37. The van der Waals surface area contributed by atoms with Crippen molar-refractivity contribution in [3.8, 4) is 0 Å². The van der Waals surface area contributed by atoms with Crippen molar-refractivity contribution in [2.24, 2.45) is 28.7 Å². The molecule has 0 aromatic heterocycles. The minimum Gasteiger partial charge on any atom is -0.481 e. The van der Waals surface area contributed by atoms with Crippen LogP contribution in [0, 0.1) is 0 Å². The average molecular weight is 1090 g/mol. The number of carbonyl (C=O) groups is 2. The second-order valence-electron chi connectivity index (χ2n) is 1.37. The molecule has 0 radical (unpaired) electrons. The van der Waals surface area contributed by atoms with Gasteiger partial charge in [0.05, 0.1) is 0 Å². The molecule has 0 aromatic rings. The Labute approximate surface area is 473 Å². The van der Waals surface area contributed by atoms with Gasteiger partial charge in [0.15, 0.2) is 0 Å². The van der Waals surface area contributed by atoms with Gasteiger partial charge in [-0.2, -0.15) is 0 Å². The van der Waals surface area contributed by atoms with E-state index < -0.39 is 11.9 Å². The van der Waals surface area contributed by atoms with Crippen LogP contribution < -0.4 is 28.7 Å². The lowest BCUT2D eigenvalue weighted by molar-refractivity contribution is -0.135. The Kier molecular flexibility index (Phi) is 26200. The molecular weight excluding hydrogens is 895 g/mol. The number of hydrogen-bond acceptors (Lipinski definition) is 9. The summed E-state index contributed by atoms with van der Waals surface area (Å²) in [5, 5.41) is 14.8. The van der Waals surface area contributed by atoms with Crippen molar-refractivity contribution in [3.05, 3.63) is 0 Å². The first-order valence-electron chi connectivity index (χ1n) is 22.7. The highest BCUT2D eigenvalue weighted by Gasteiger charge is 1.66. The number of hydrogen-bond donors (Lipinski definition) is 7. The molecule has 0 spiro atoms. The molecule has 0 rings (SSSR count). The van der Waals surface area contributed by atoms with Crippen LogP contribution in [0.25, 0.3) is 0 Å². The molecule has 0 aliphatic carbocycles. The number of aliphatic carboxylic acids is 2. The van der Waals surface area contributed by atoms with Gasteiger partial charge in [0.1, 0.15) is 0 Å². The van der Waals surface area contributed by atoms with Crippen LogP contribution in [0.4, 0.5) is 0 Å². The maximum Gasteiger partial charge on any atom is 0.300 e. The molecule has 69 heavy (non-hydrogen) atoms. The molecule has 0 saturated carbocycles. The van der Waals surface area contributed by atoms with E-state index in [-0.39, 0.29) is 96.5 Å². The van der Waals surface area contributed by atoms with E-state index >= 15 is 0 Å². The van der Waals surface area contributed by atoms with Crippen LogP contribution in [0.2, 0.25) is 0 Å². The highest BCUT2D eigenvalue weighted by Crippen LogP contribution is 2.09. The molecule has 0 saturated heterocycles. The predicted molar refractivity (Wildman–Crippen MR) is 385 cm³/mol. The van der Waals surface area contributed by atoms with Crippen LogP contribution >= 0.6 is 21.6 Å². The van der Waals surface area contributed by atoms with E-state index in [0.717, 1.165) is 13.8 Å². The van der Waals surface area contributed by atoms with E-state index in [9.17, 15) is 0 Å². The van der Waals surface area contributed by atoms with Gasteiger partial charge in [0.25, 0.3) is 11.9 Å². The molecule has 0 amide bonds. The van der Waals surface area contributed by atoms with Gasteiger partial charge >= 0.3 is 0 Å². The predicted octanol–water partition coefficient (Wildman–Crippen LogP) is 25.4. The van der Waals surface area contributed by atoms with Gasteiger partial charge in [-0.3, -0.25) is 9.59 Å². The van der Waals surface area contributed by atoms with Crippen LogP contribution in [0.3, 0.4) is 0 Å². The van der Waals surface area contributed by atoms with Gasteiger partial charge in [-0.1, -0.05) is 354 Å². The van der Waals surface area contributed by atoms with Crippen molar-refractivity contribution in [2.75, 3.05) is 47.7 Å². The third-order valence-corrected chi connectivity index (χ3v) is 1.50. The van der Waals surface area contributed by atoms with Crippen molar-refractivity contribution < 1.29 is 19.8 Å². The number of nitrogens with two attached hydrogens (primary N) is 5. The second kappa shape index (κ2) is 5380. The smallest absolute Gasteiger partial charge is 0.300 e. The van der Waals surface area contributed by atoms with Gasteiger partial charge < -0.3 is 38.9 Å². The molecule has 12 N–H and O–H groups in total. The normalized spacial score (nSPS) is 3.07. The zero-order valence-electron chi connectivity index (χ0n) is 49.4. The lowest BCUT2D eigenvalue weighted by atomic mass is 10.9. The van der Waals surface area contributed by atoms with Crippen LogP contribution in [0.5, 0.6) is 0 Å². The summed E-state index contributed by atoms with van der Waals surface area (Å²) in [5.41, 5.74) is 22.5. The van der Waals surface area contributed by atoms with Crippen molar-refractivity contribution >= 4 is 33.5 Å². The Morgan fingerprint density at radius 1 is 0.217 bits per heavy atom. The highest BCUT2D eigenvalue weighted by molar-refractivity contribution is 8.76. The Bertz CT molecular complexity index is 137. The summed E-state index contributed by atoms with van der Waals surface area (Å²) >= 11 is 0. The molecule has 0 aromatic carbocycles. The fourth-order valence-electron chi connectivity index (χ4n) is 0. The van der Waals surface area contributed by atoms with E-state index in [2.05, 4.69) is 41.2 Å². The molecule has 0 bridgehead atoms. The molecule has 0 aliphatic rings. The zero-order valence-corrected chi connectivity index (χ0v) is 51.0. The van der Waals surface area contributed by atoms with E-state index in [4.69, 9.17) is 19.8 Å². The molecule has 0 heterocycles. The van der Waals surface area contributed by atoms with Gasteiger partial charge in [-0.25, -0.2) is 0 Å². The maximum absolute atomic E-state index is 9.00. The first-order chi connectivity index (χ1) is 27.4. The molecule has 0 fully saturated rings. The maximum atomic E-state index is 9.00. The standard InChI is InChI=1S/2C2H4O2.C2H6S2.17C2H6.5CH5N.13CH4/c2*1-2(3)4;1-3-4-2;22*1-2;;;;;;;;;;;;;/h2*1H3,(H,3,4);1-2H3;17*1-2H3;5*2H2,1H3;13*1H4. The third kappa shape index (κ3) is 1490000. The summed E-state index contributed by atoms with van der Waals surface area (Å²) < 4.78 is 0. The van der Waals surface area contributed by atoms with E-state index in [1.54, 1.807) is 21.6 Å². The fourth-order valence-corrected chi connectivity index (χ4v) is 0. The van der Waals surface area contributed by atoms with Crippen LogP contribution in [-0.4, -0.2) is 69.9 Å². The summed E-state index contributed by atoms with van der Waals surface area (Å²) in [6.07, 6.45) is 4.12. The largest absolute Gasteiger partial charge is 0.481 e. The van der Waals surface area contributed by atoms with Crippen molar-refractivity contribution in [1.82, 2.24) is 0 Å². The summed E-state index contributed by atoms with van der Waals surface area (Å²) in [6, 6.07) is 0. The van der Waals surface area contributed by atoms with E-state index in [1.807, 2.05) is 235 Å². The van der Waals surface area contributed by atoms with Crippen molar-refractivity contribution in [2.45, 2.75) is 346 Å². The van der Waals surface area contributed by atoms with E-state index in [0.29, 0.717) is 0 Å². The molecular formula is C58H193N5O4S2. The van der Waals surface area contributed by atoms with Gasteiger partial charge in [0, 0.05) is 13.8 Å². The quantitative estimate of drug-likeness (QED) is 0.123. The fraction of sp³-hybridized carbons (Fsp3) is 0.966. The van der Waals surface area contributed by atoms with Crippen molar-refractivity contribution in [3.63, 3.8) is 0 Å². The Morgan fingerprint density at radius 3 is 0.232 bits per heavy atom. The second-order valence-corrected chi connectivity index (χ2v) is 4.04. The van der Waals surface area contributed by atoms with Gasteiger partial charge in [-0.15, -0.1) is 0 Å². The molecule has 11 heteroatoms. The summed E-state index contributed by atoms with van der Waals surface area (Å²) in [5.74, 6) is -1.67. The Balaban J connectivity index is -0.00000000402. The minimum absolute atomic E-state index is 0. The number of rotatable bonds is 1. The number of carboxylic acid groups (broad SMARTS) is 2. The van der Waals surface area contributed by atoms with E-state index in [1.165, 1.54) is 35.2 Å². The third-order valence-electron chi connectivity index (χ3n) is 0.167. The summed E-state index contributed by atoms with van der Waals surface area (Å²) in [6.45, 7) is 70.2. The van der Waals surface area contributed by atoms with Crippen LogP contribution in [0.15, 0.2) is 0 Å². The molecule has 0 aliphatic heterocycles. The van der Waals surface area contributed by atoms with Crippen molar-refractivity contribution in [1.29, 1.82) is 0 Å². The molecule has 0 atom stereocenters. The zero-order chi connectivity index (χ0) is 54.6. The number of carboxylic acids is 2. The lowest BCUT2D eigenvalue weighted by Crippen LogP contribution is -1.78. The Hall–Kier alpha value is -0.560. The van der Waals surface area contributed by atoms with Crippen LogP contribution in [-0.2, 0) is 9.59 Å². The van der Waals surface area contributed by atoms with Gasteiger partial charge in [0.2, 0.25) is 0 Å². The SMILES string of the molecule is C.C.C.C.C.C.C.C.C.C.C.C.C.CC.CC.CC.CC.CC.CC.CC.CC.CC.CC.CC.CC.CC.CC.CC.CC.CC.CC(=O)O.CC(=O)O.CN.CN.CN.CN.CN.CSSC. The summed E-state index contributed by atoms with van der Waals surface area (Å²) in [4.78, 5) is 18.0. The summed E-state index contributed by atoms with van der Waals surface area (Å²) in [7, 11) is 11.0.